The third-order valence-electron chi connectivity index (χ3n) is 3.52. The lowest BCUT2D eigenvalue weighted by atomic mass is 9.80. The summed E-state index contributed by atoms with van der Waals surface area (Å²) in [6, 6.07) is 4.16. The molecule has 0 aromatic heterocycles. The molecular weight excluding hydrogens is 244 g/mol. The van der Waals surface area contributed by atoms with Crippen molar-refractivity contribution in [2.45, 2.75) is 25.4 Å². The lowest BCUT2D eigenvalue weighted by Crippen LogP contribution is -2.40. The van der Waals surface area contributed by atoms with Crippen molar-refractivity contribution in [2.75, 3.05) is 13.1 Å². The lowest BCUT2D eigenvalue weighted by molar-refractivity contribution is 0.0772. The Bertz CT molecular complexity index is 400. The van der Waals surface area contributed by atoms with Crippen LogP contribution in [-0.4, -0.2) is 13.1 Å². The highest BCUT2D eigenvalue weighted by Gasteiger charge is 2.38. The SMILES string of the molecule is CC(F)(c1ccc(Cl)cc1F)C1CCCNC1. The van der Waals surface area contributed by atoms with Gasteiger partial charge in [0.05, 0.1) is 0 Å². The summed E-state index contributed by atoms with van der Waals surface area (Å²) in [7, 11) is 0. The Morgan fingerprint density at radius 3 is 2.82 bits per heavy atom. The van der Waals surface area contributed by atoms with Crippen LogP contribution in [0.4, 0.5) is 8.78 Å². The number of nitrogens with one attached hydrogen (secondary N) is 1. The summed E-state index contributed by atoms with van der Waals surface area (Å²) in [6.45, 7) is 2.96. The maximum Gasteiger partial charge on any atom is 0.140 e. The number of alkyl halides is 1. The van der Waals surface area contributed by atoms with Gasteiger partial charge in [-0.25, -0.2) is 8.78 Å². The molecule has 1 aromatic rings. The number of hydrogen-bond donors (Lipinski definition) is 1. The first-order valence-electron chi connectivity index (χ1n) is 5.87. The summed E-state index contributed by atoms with van der Waals surface area (Å²) in [5.74, 6) is -0.750. The van der Waals surface area contributed by atoms with Crippen molar-refractivity contribution in [3.8, 4) is 0 Å². The van der Waals surface area contributed by atoms with Gasteiger partial charge in [0.1, 0.15) is 11.5 Å². The van der Waals surface area contributed by atoms with Gasteiger partial charge in [-0.2, -0.15) is 0 Å². The molecule has 94 valence electrons. The van der Waals surface area contributed by atoms with Gasteiger partial charge >= 0.3 is 0 Å². The van der Waals surface area contributed by atoms with Crippen molar-refractivity contribution < 1.29 is 8.78 Å². The molecule has 0 amide bonds. The second-order valence-electron chi connectivity index (χ2n) is 4.74. The van der Waals surface area contributed by atoms with E-state index in [9.17, 15) is 8.78 Å². The minimum absolute atomic E-state index is 0.107. The van der Waals surface area contributed by atoms with Crippen molar-refractivity contribution in [1.82, 2.24) is 5.32 Å². The highest BCUT2D eigenvalue weighted by atomic mass is 35.5. The number of rotatable bonds is 2. The van der Waals surface area contributed by atoms with Crippen molar-refractivity contribution >= 4 is 11.6 Å². The van der Waals surface area contributed by atoms with Crippen molar-refractivity contribution in [2.24, 2.45) is 5.92 Å². The van der Waals surface area contributed by atoms with Crippen LogP contribution in [0.2, 0.25) is 5.02 Å². The standard InChI is InChI=1S/C13H16ClF2N/c1-13(16,9-3-2-6-17-8-9)11-5-4-10(14)7-12(11)15/h4-5,7,9,17H,2-3,6,8H2,1H3. The predicted molar refractivity (Wildman–Crippen MR) is 65.5 cm³/mol. The van der Waals surface area contributed by atoms with Gasteiger partial charge in [0.15, 0.2) is 0 Å². The fourth-order valence-corrected chi connectivity index (χ4v) is 2.58. The molecule has 4 heteroatoms. The topological polar surface area (TPSA) is 12.0 Å². The highest BCUT2D eigenvalue weighted by molar-refractivity contribution is 6.30. The van der Waals surface area contributed by atoms with E-state index in [0.29, 0.717) is 11.6 Å². The second kappa shape index (κ2) is 4.91. The molecular formula is C13H16ClF2N. The zero-order chi connectivity index (χ0) is 12.5. The van der Waals surface area contributed by atoms with E-state index in [4.69, 9.17) is 11.6 Å². The molecule has 1 heterocycles. The summed E-state index contributed by atoms with van der Waals surface area (Å²) in [5.41, 5.74) is -1.54. The number of piperidine rings is 1. The Morgan fingerprint density at radius 1 is 1.47 bits per heavy atom. The van der Waals surface area contributed by atoms with E-state index in [1.54, 1.807) is 0 Å². The molecule has 2 atom stereocenters. The van der Waals surface area contributed by atoms with Crippen LogP contribution in [0.25, 0.3) is 0 Å². The first kappa shape index (κ1) is 12.8. The monoisotopic (exact) mass is 259 g/mol. The first-order chi connectivity index (χ1) is 8.01. The summed E-state index contributed by atoms with van der Waals surface area (Å²) >= 11 is 5.68. The Balaban J connectivity index is 2.29. The molecule has 1 aliphatic heterocycles. The van der Waals surface area contributed by atoms with Gasteiger partial charge in [-0.05, 0) is 38.4 Å². The molecule has 0 bridgehead atoms. The fourth-order valence-electron chi connectivity index (χ4n) is 2.42. The summed E-state index contributed by atoms with van der Waals surface area (Å²) in [4.78, 5) is 0. The van der Waals surface area contributed by atoms with Gasteiger partial charge in [0.2, 0.25) is 0 Å². The zero-order valence-electron chi connectivity index (χ0n) is 9.77. The summed E-state index contributed by atoms with van der Waals surface area (Å²) in [5, 5.41) is 3.45. The van der Waals surface area contributed by atoms with Gasteiger partial charge in [-0.15, -0.1) is 0 Å². The number of hydrogen-bond acceptors (Lipinski definition) is 1. The van der Waals surface area contributed by atoms with E-state index >= 15 is 0 Å². The molecule has 1 fully saturated rings. The first-order valence-corrected chi connectivity index (χ1v) is 6.25. The third-order valence-corrected chi connectivity index (χ3v) is 3.76. The zero-order valence-corrected chi connectivity index (χ0v) is 10.5. The molecule has 0 spiro atoms. The minimum atomic E-state index is -1.65. The second-order valence-corrected chi connectivity index (χ2v) is 5.18. The summed E-state index contributed by atoms with van der Waals surface area (Å²) in [6.07, 6.45) is 1.71. The maximum absolute atomic E-state index is 14.8. The van der Waals surface area contributed by atoms with Crippen LogP contribution in [-0.2, 0) is 5.67 Å². The van der Waals surface area contributed by atoms with Crippen molar-refractivity contribution in [3.63, 3.8) is 0 Å². The van der Waals surface area contributed by atoms with Gasteiger partial charge in [-0.3, -0.25) is 0 Å². The van der Waals surface area contributed by atoms with E-state index < -0.39 is 11.5 Å². The Kier molecular flexibility index (Phi) is 3.69. The molecule has 0 saturated carbocycles. The average molecular weight is 260 g/mol. The summed E-state index contributed by atoms with van der Waals surface area (Å²) < 4.78 is 28.5. The third kappa shape index (κ3) is 2.61. The van der Waals surface area contributed by atoms with Crippen LogP contribution < -0.4 is 5.32 Å². The largest absolute Gasteiger partial charge is 0.316 e. The van der Waals surface area contributed by atoms with E-state index in [2.05, 4.69) is 5.32 Å². The van der Waals surface area contributed by atoms with Crippen LogP contribution in [0.3, 0.4) is 0 Å². The van der Waals surface area contributed by atoms with Gasteiger partial charge in [0, 0.05) is 23.0 Å². The van der Waals surface area contributed by atoms with Gasteiger partial charge in [0.25, 0.3) is 0 Å². The van der Waals surface area contributed by atoms with Crippen LogP contribution in [0, 0.1) is 11.7 Å². The minimum Gasteiger partial charge on any atom is -0.316 e. The van der Waals surface area contributed by atoms with Crippen LogP contribution >= 0.6 is 11.6 Å². The molecule has 1 saturated heterocycles. The van der Waals surface area contributed by atoms with E-state index in [-0.39, 0.29) is 11.5 Å². The predicted octanol–water partition coefficient (Wildman–Crippen LogP) is 3.66. The van der Waals surface area contributed by atoms with E-state index in [1.807, 2.05) is 0 Å². The van der Waals surface area contributed by atoms with Crippen LogP contribution in [0.15, 0.2) is 18.2 Å². The maximum atomic E-state index is 14.8. The molecule has 1 aliphatic rings. The van der Waals surface area contributed by atoms with Gasteiger partial charge in [-0.1, -0.05) is 17.7 Å². The molecule has 1 N–H and O–H groups in total. The lowest BCUT2D eigenvalue weighted by Gasteiger charge is -2.34. The van der Waals surface area contributed by atoms with Gasteiger partial charge < -0.3 is 5.32 Å². The molecule has 0 radical (unpaired) electrons. The highest BCUT2D eigenvalue weighted by Crippen LogP contribution is 2.39. The van der Waals surface area contributed by atoms with E-state index in [0.717, 1.165) is 19.4 Å². The Hall–Kier alpha value is -0.670. The molecule has 2 rings (SSSR count). The molecule has 2 unspecified atom stereocenters. The molecule has 1 aromatic carbocycles. The molecule has 17 heavy (non-hydrogen) atoms. The average Bonchev–Trinajstić information content (AvgIpc) is 2.29. The number of benzene rings is 1. The van der Waals surface area contributed by atoms with Crippen LogP contribution in [0.1, 0.15) is 25.3 Å². The smallest absolute Gasteiger partial charge is 0.140 e. The molecule has 1 nitrogen and oxygen atoms in total. The fraction of sp³-hybridized carbons (Fsp3) is 0.538. The quantitative estimate of drug-likeness (QED) is 0.855. The Morgan fingerprint density at radius 2 is 2.24 bits per heavy atom. The Labute approximate surface area is 105 Å². The van der Waals surface area contributed by atoms with Crippen molar-refractivity contribution in [3.05, 3.63) is 34.6 Å². The molecule has 0 aliphatic carbocycles. The van der Waals surface area contributed by atoms with Crippen LogP contribution in [0.5, 0.6) is 0 Å². The number of halogens is 3. The van der Waals surface area contributed by atoms with Crippen molar-refractivity contribution in [1.29, 1.82) is 0 Å². The normalized spacial score (nSPS) is 24.4. The van der Waals surface area contributed by atoms with E-state index in [1.165, 1.54) is 25.1 Å².